The van der Waals surface area contributed by atoms with Crippen molar-refractivity contribution in [1.29, 1.82) is 0 Å². The van der Waals surface area contributed by atoms with Gasteiger partial charge in [-0.2, -0.15) is 5.10 Å². The molecule has 0 bridgehead atoms. The number of halogens is 2. The van der Waals surface area contributed by atoms with E-state index in [0.717, 1.165) is 37.9 Å². The quantitative estimate of drug-likeness (QED) is 0.282. The Hall–Kier alpha value is -3.53. The van der Waals surface area contributed by atoms with Gasteiger partial charge in [0.25, 0.3) is 5.91 Å². The first-order valence-corrected chi connectivity index (χ1v) is 14.1. The number of rotatable bonds is 7. The number of aromatic nitrogens is 3. The van der Waals surface area contributed by atoms with Gasteiger partial charge >= 0.3 is 0 Å². The number of ether oxygens (including phenoxy) is 2. The van der Waals surface area contributed by atoms with Crippen LogP contribution >= 0.6 is 23.2 Å². The Morgan fingerprint density at radius 2 is 1.65 bits per heavy atom. The average molecular weight is 582 g/mol. The Balaban J connectivity index is 1.16. The van der Waals surface area contributed by atoms with Gasteiger partial charge in [-0.1, -0.05) is 29.6 Å². The van der Waals surface area contributed by atoms with Gasteiger partial charge in [0.05, 0.1) is 35.3 Å². The highest BCUT2D eigenvalue weighted by molar-refractivity contribution is 6.41. The maximum atomic E-state index is 13.1. The van der Waals surface area contributed by atoms with Gasteiger partial charge in [0.15, 0.2) is 11.5 Å². The number of pyridine rings is 1. The van der Waals surface area contributed by atoms with Crippen molar-refractivity contribution in [2.24, 2.45) is 0 Å². The number of aromatic amines is 1. The molecule has 0 spiro atoms. The Bertz CT molecular complexity index is 1520. The molecule has 0 radical (unpaired) electrons. The van der Waals surface area contributed by atoms with E-state index in [0.29, 0.717) is 55.2 Å². The molecule has 0 unspecified atom stereocenters. The first kappa shape index (κ1) is 26.7. The van der Waals surface area contributed by atoms with Crippen LogP contribution in [0.5, 0.6) is 11.5 Å². The second-order valence-electron chi connectivity index (χ2n) is 10.1. The summed E-state index contributed by atoms with van der Waals surface area (Å²) in [6.07, 6.45) is 4.04. The summed E-state index contributed by atoms with van der Waals surface area (Å²) < 4.78 is 10.7. The summed E-state index contributed by atoms with van der Waals surface area (Å²) >= 11 is 13.1. The number of amides is 1. The molecule has 2 aromatic carbocycles. The van der Waals surface area contributed by atoms with Crippen molar-refractivity contribution in [1.82, 2.24) is 20.1 Å². The van der Waals surface area contributed by atoms with Crippen molar-refractivity contribution < 1.29 is 14.3 Å². The summed E-state index contributed by atoms with van der Waals surface area (Å²) in [5.74, 6) is 0.969. The third-order valence-corrected chi connectivity index (χ3v) is 8.64. The maximum Gasteiger partial charge on any atom is 0.256 e. The van der Waals surface area contributed by atoms with Gasteiger partial charge in [0.1, 0.15) is 11.5 Å². The molecule has 6 rings (SSSR count). The molecule has 0 atom stereocenters. The van der Waals surface area contributed by atoms with Crippen LogP contribution in [0.2, 0.25) is 10.0 Å². The number of anilines is 2. The van der Waals surface area contributed by atoms with E-state index in [4.69, 9.17) is 32.7 Å². The van der Waals surface area contributed by atoms with Crippen molar-refractivity contribution in [2.45, 2.75) is 25.3 Å². The third-order valence-electron chi connectivity index (χ3n) is 7.89. The number of carbonyl (C=O) groups is 1. The van der Waals surface area contributed by atoms with Gasteiger partial charge in [-0.3, -0.25) is 14.8 Å². The zero-order valence-corrected chi connectivity index (χ0v) is 23.8. The molecule has 2 fully saturated rings. The molecule has 9 nitrogen and oxygen atoms in total. The number of hydrogen-bond acceptors (Lipinski definition) is 7. The molecule has 2 aliphatic rings. The minimum absolute atomic E-state index is 0.248. The average Bonchev–Trinajstić information content (AvgIpc) is 3.34. The van der Waals surface area contributed by atoms with Crippen LogP contribution < -0.4 is 19.7 Å². The molecule has 4 aromatic rings. The topological polar surface area (TPSA) is 95.6 Å². The highest BCUT2D eigenvalue weighted by atomic mass is 35.5. The fourth-order valence-corrected chi connectivity index (χ4v) is 6.04. The summed E-state index contributed by atoms with van der Waals surface area (Å²) in [7, 11) is 3.03. The summed E-state index contributed by atoms with van der Waals surface area (Å²) in [5, 5.41) is 11.4. The van der Waals surface area contributed by atoms with E-state index in [1.807, 2.05) is 30.3 Å². The first-order valence-electron chi connectivity index (χ1n) is 13.3. The number of hydrogen-bond donors (Lipinski definition) is 2. The van der Waals surface area contributed by atoms with Crippen LogP contribution in [-0.4, -0.2) is 72.4 Å². The largest absolute Gasteiger partial charge is 0.495 e. The van der Waals surface area contributed by atoms with Gasteiger partial charge in [-0.25, -0.2) is 4.98 Å². The molecule has 1 aliphatic carbocycles. The van der Waals surface area contributed by atoms with Gasteiger partial charge in [-0.15, -0.1) is 0 Å². The molecule has 3 heterocycles. The van der Waals surface area contributed by atoms with Crippen molar-refractivity contribution >= 4 is 51.6 Å². The highest BCUT2D eigenvalue weighted by Crippen LogP contribution is 2.45. The standard InChI is InChI=1S/C29H30Cl2N6O3/c1-39-22-16-23(40-2)26(31)24(25(22)30)21-11-10-20-27(32-21)34-35-28(20)33-29(38)17-6-8-19(9-7-17)37-14-12-36(13-15-37)18-4-3-5-18/h6-11,16,18H,3-5,12-15H2,1-2H3,(H2,32,33,34,35,38). The van der Waals surface area contributed by atoms with Crippen LogP contribution in [0.15, 0.2) is 42.5 Å². The Morgan fingerprint density at radius 3 is 2.25 bits per heavy atom. The van der Waals surface area contributed by atoms with Crippen LogP contribution in [0.25, 0.3) is 22.3 Å². The SMILES string of the molecule is COc1cc(OC)c(Cl)c(-c2ccc3c(NC(=O)c4ccc(N5CCN(C6CCC6)CC5)cc4)n[nH]c3n2)c1Cl. The summed E-state index contributed by atoms with van der Waals surface area (Å²) in [6.45, 7) is 4.21. The van der Waals surface area contributed by atoms with Crippen LogP contribution in [0.3, 0.4) is 0 Å². The molecule has 1 aliphatic heterocycles. The van der Waals surface area contributed by atoms with E-state index in [-0.39, 0.29) is 5.91 Å². The Morgan fingerprint density at radius 1 is 0.975 bits per heavy atom. The van der Waals surface area contributed by atoms with Crippen molar-refractivity contribution in [3.8, 4) is 22.8 Å². The fourth-order valence-electron chi connectivity index (χ4n) is 5.35. The van der Waals surface area contributed by atoms with Gasteiger partial charge in [0.2, 0.25) is 0 Å². The number of carbonyl (C=O) groups excluding carboxylic acids is 1. The second-order valence-corrected chi connectivity index (χ2v) is 10.8. The van der Waals surface area contributed by atoms with E-state index < -0.39 is 0 Å². The molecule has 1 saturated carbocycles. The first-order chi connectivity index (χ1) is 19.5. The lowest BCUT2D eigenvalue weighted by Gasteiger charge is -2.43. The van der Waals surface area contributed by atoms with E-state index in [2.05, 4.69) is 30.3 Å². The monoisotopic (exact) mass is 580 g/mol. The summed E-state index contributed by atoms with van der Waals surface area (Å²) in [4.78, 5) is 22.7. The minimum atomic E-state index is -0.248. The normalized spacial score (nSPS) is 16.1. The van der Waals surface area contributed by atoms with E-state index in [1.165, 1.54) is 33.5 Å². The molecule has 11 heteroatoms. The number of benzene rings is 2. The van der Waals surface area contributed by atoms with E-state index in [9.17, 15) is 4.79 Å². The predicted octanol–water partition coefficient (Wildman–Crippen LogP) is 5.88. The highest BCUT2D eigenvalue weighted by Gasteiger charge is 2.28. The molecule has 208 valence electrons. The van der Waals surface area contributed by atoms with Gasteiger partial charge in [-0.05, 0) is 49.2 Å². The number of nitrogens with zero attached hydrogens (tertiary/aromatic N) is 4. The number of fused-ring (bicyclic) bond motifs is 1. The summed E-state index contributed by atoms with van der Waals surface area (Å²) in [5.41, 5.74) is 3.15. The van der Waals surface area contributed by atoms with Crippen LogP contribution in [0.1, 0.15) is 29.6 Å². The second kappa shape index (κ2) is 11.2. The molecule has 1 amide bonds. The zero-order valence-electron chi connectivity index (χ0n) is 22.3. The molecular weight excluding hydrogens is 551 g/mol. The molecule has 40 heavy (non-hydrogen) atoms. The molecule has 2 N–H and O–H groups in total. The maximum absolute atomic E-state index is 13.1. The number of piperazine rings is 1. The van der Waals surface area contributed by atoms with Gasteiger partial charge in [0, 0.05) is 55.1 Å². The lowest BCUT2D eigenvalue weighted by Crippen LogP contribution is -2.52. The van der Waals surface area contributed by atoms with Crippen molar-refractivity contribution in [3.05, 3.63) is 58.1 Å². The number of H-pyrrole nitrogens is 1. The number of methoxy groups -OCH3 is 2. The zero-order chi connectivity index (χ0) is 27.8. The molecule has 2 aromatic heterocycles. The van der Waals surface area contributed by atoms with E-state index >= 15 is 0 Å². The smallest absolute Gasteiger partial charge is 0.256 e. The molecule has 1 saturated heterocycles. The van der Waals surface area contributed by atoms with E-state index in [1.54, 1.807) is 12.1 Å². The summed E-state index contributed by atoms with van der Waals surface area (Å²) in [6, 6.07) is 13.7. The third kappa shape index (κ3) is 4.93. The predicted molar refractivity (Wildman–Crippen MR) is 158 cm³/mol. The molecular formula is C29H30Cl2N6O3. The van der Waals surface area contributed by atoms with Crippen LogP contribution in [0.4, 0.5) is 11.5 Å². The Labute approximate surface area is 242 Å². The van der Waals surface area contributed by atoms with Gasteiger partial charge < -0.3 is 19.7 Å². The number of nitrogens with one attached hydrogen (secondary N) is 2. The van der Waals surface area contributed by atoms with Crippen LogP contribution in [-0.2, 0) is 0 Å². The fraction of sp³-hybridized carbons (Fsp3) is 0.345. The minimum Gasteiger partial charge on any atom is -0.495 e. The van der Waals surface area contributed by atoms with Crippen molar-refractivity contribution in [2.75, 3.05) is 50.6 Å². The lowest BCUT2D eigenvalue weighted by atomic mass is 9.91. The lowest BCUT2D eigenvalue weighted by molar-refractivity contribution is 0.102. The van der Waals surface area contributed by atoms with Crippen LogP contribution in [0, 0.1) is 0 Å². The Kier molecular flexibility index (Phi) is 7.44. The van der Waals surface area contributed by atoms with Crippen molar-refractivity contribution in [3.63, 3.8) is 0 Å².